The van der Waals surface area contributed by atoms with Crippen molar-refractivity contribution in [1.29, 1.82) is 0 Å². The fraction of sp³-hybridized carbons (Fsp3) is 0.700. The van der Waals surface area contributed by atoms with E-state index in [0.29, 0.717) is 25.7 Å². The zero-order valence-electron chi connectivity index (χ0n) is 14.7. The first-order valence-electron chi connectivity index (χ1n) is 9.13. The molecule has 7 atom stereocenters. The summed E-state index contributed by atoms with van der Waals surface area (Å²) in [7, 11) is 1.41. The average molecular weight is 344 g/mol. The number of hydrogen-bond donors (Lipinski definition) is 1. The van der Waals surface area contributed by atoms with Gasteiger partial charge in [-0.2, -0.15) is 0 Å². The molecular weight excluding hydrogens is 320 g/mol. The molecule has 4 fully saturated rings. The zero-order chi connectivity index (χ0) is 17.8. The summed E-state index contributed by atoms with van der Waals surface area (Å²) in [4.78, 5) is 25.7. The number of ether oxygens (including phenoxy) is 2. The summed E-state index contributed by atoms with van der Waals surface area (Å²) in [6.07, 6.45) is 7.11. The third-order valence-electron chi connectivity index (χ3n) is 8.16. The summed E-state index contributed by atoms with van der Waals surface area (Å²) in [6, 6.07) is 0. The van der Waals surface area contributed by atoms with Crippen LogP contribution in [0.5, 0.6) is 0 Å². The third-order valence-corrected chi connectivity index (χ3v) is 8.16. The minimum absolute atomic E-state index is 0.0596. The van der Waals surface area contributed by atoms with Gasteiger partial charge in [-0.25, -0.2) is 0 Å². The summed E-state index contributed by atoms with van der Waals surface area (Å²) in [6.45, 7) is 6.01. The molecule has 3 saturated carbocycles. The van der Waals surface area contributed by atoms with Crippen LogP contribution >= 0.6 is 0 Å². The Hall–Kier alpha value is -1.62. The molecule has 3 unspecified atom stereocenters. The molecule has 4 aliphatic carbocycles. The molecule has 1 heterocycles. The third kappa shape index (κ3) is 1.44. The van der Waals surface area contributed by atoms with Crippen molar-refractivity contribution in [3.05, 3.63) is 24.3 Å². The van der Waals surface area contributed by atoms with Crippen LogP contribution in [0.25, 0.3) is 0 Å². The van der Waals surface area contributed by atoms with Crippen molar-refractivity contribution >= 4 is 11.9 Å². The second-order valence-electron chi connectivity index (χ2n) is 9.03. The van der Waals surface area contributed by atoms with E-state index in [1.807, 2.05) is 19.1 Å². The SMILES string of the molecule is C=C1C[C@]23C[C@@]1(O)CCC2[C@@]12CC=C[C@](C)(C(=O)O1)C2C3C(=O)OC. The molecule has 4 bridgehead atoms. The standard InChI is InChI=1S/C20H24O5/c1-11-9-18-10-19(11,23)8-5-12(18)20-7-4-6-17(2,16(22)25-20)14(20)13(18)15(21)24-3/h4,6,12-14,23H,1,5,7-10H2,2-3H3/t12?,13?,14?,17-,18-,19-,20+/m0/s1. The Balaban J connectivity index is 1.76. The van der Waals surface area contributed by atoms with Crippen LogP contribution in [0.1, 0.15) is 39.0 Å². The highest BCUT2D eigenvalue weighted by molar-refractivity contribution is 5.87. The van der Waals surface area contributed by atoms with Gasteiger partial charge in [0.25, 0.3) is 0 Å². The molecule has 5 nitrogen and oxygen atoms in total. The van der Waals surface area contributed by atoms with E-state index in [1.165, 1.54) is 7.11 Å². The highest BCUT2D eigenvalue weighted by Gasteiger charge is 2.82. The largest absolute Gasteiger partial charge is 0.469 e. The molecule has 1 saturated heterocycles. The molecule has 25 heavy (non-hydrogen) atoms. The van der Waals surface area contributed by atoms with Gasteiger partial charge in [-0.15, -0.1) is 0 Å². The molecule has 1 N–H and O–H groups in total. The van der Waals surface area contributed by atoms with E-state index in [1.54, 1.807) is 0 Å². The van der Waals surface area contributed by atoms with Crippen LogP contribution < -0.4 is 0 Å². The Morgan fingerprint density at radius 2 is 2.24 bits per heavy atom. The number of esters is 2. The normalized spacial score (nSPS) is 54.9. The second kappa shape index (κ2) is 4.20. The number of methoxy groups -OCH3 is 1. The van der Waals surface area contributed by atoms with Crippen molar-refractivity contribution in [3.8, 4) is 0 Å². The van der Waals surface area contributed by atoms with Crippen molar-refractivity contribution in [2.75, 3.05) is 7.11 Å². The molecule has 0 aromatic heterocycles. The summed E-state index contributed by atoms with van der Waals surface area (Å²) in [5.41, 5.74) is -1.95. The van der Waals surface area contributed by atoms with Crippen LogP contribution in [0.15, 0.2) is 24.3 Å². The van der Waals surface area contributed by atoms with Crippen LogP contribution in [-0.2, 0) is 19.1 Å². The first-order valence-corrected chi connectivity index (χ1v) is 9.13. The predicted octanol–water partition coefficient (Wildman–Crippen LogP) is 2.14. The number of aliphatic hydroxyl groups is 1. The predicted molar refractivity (Wildman–Crippen MR) is 88.2 cm³/mol. The summed E-state index contributed by atoms with van der Waals surface area (Å²) < 4.78 is 11.3. The molecule has 0 amide bonds. The van der Waals surface area contributed by atoms with Crippen LogP contribution in [0.3, 0.4) is 0 Å². The van der Waals surface area contributed by atoms with E-state index < -0.39 is 27.9 Å². The van der Waals surface area contributed by atoms with Gasteiger partial charge in [0, 0.05) is 18.3 Å². The quantitative estimate of drug-likeness (QED) is 0.583. The Morgan fingerprint density at radius 1 is 1.48 bits per heavy atom. The molecule has 5 rings (SSSR count). The number of rotatable bonds is 1. The van der Waals surface area contributed by atoms with Gasteiger partial charge in [0.15, 0.2) is 0 Å². The van der Waals surface area contributed by atoms with E-state index in [2.05, 4.69) is 6.58 Å². The highest BCUT2D eigenvalue weighted by Crippen LogP contribution is 2.77. The van der Waals surface area contributed by atoms with Gasteiger partial charge in [-0.3, -0.25) is 9.59 Å². The molecule has 0 radical (unpaired) electrons. The van der Waals surface area contributed by atoms with Gasteiger partial charge in [-0.1, -0.05) is 18.7 Å². The zero-order valence-corrected chi connectivity index (χ0v) is 14.7. The summed E-state index contributed by atoms with van der Waals surface area (Å²) in [5, 5.41) is 11.0. The van der Waals surface area contributed by atoms with E-state index >= 15 is 0 Å². The average Bonchev–Trinajstić information content (AvgIpc) is 2.95. The van der Waals surface area contributed by atoms with Gasteiger partial charge < -0.3 is 14.6 Å². The van der Waals surface area contributed by atoms with Gasteiger partial charge in [0.1, 0.15) is 5.60 Å². The fourth-order valence-corrected chi connectivity index (χ4v) is 7.34. The first-order chi connectivity index (χ1) is 11.7. The molecule has 1 aliphatic heterocycles. The van der Waals surface area contributed by atoms with Crippen molar-refractivity contribution in [3.63, 3.8) is 0 Å². The first kappa shape index (κ1) is 15.6. The van der Waals surface area contributed by atoms with Gasteiger partial charge >= 0.3 is 11.9 Å². The lowest BCUT2D eigenvalue weighted by molar-refractivity contribution is -0.162. The molecule has 0 aromatic carbocycles. The highest BCUT2D eigenvalue weighted by atomic mass is 16.6. The molecule has 1 spiro atoms. The molecular formula is C20H24O5. The number of carbonyl (C=O) groups excluding carboxylic acids is 2. The maximum Gasteiger partial charge on any atom is 0.316 e. The lowest BCUT2D eigenvalue weighted by Crippen LogP contribution is -2.47. The Morgan fingerprint density at radius 3 is 2.96 bits per heavy atom. The Kier molecular flexibility index (Phi) is 2.62. The summed E-state index contributed by atoms with van der Waals surface area (Å²) >= 11 is 0. The lowest BCUT2D eigenvalue weighted by atomic mass is 9.62. The molecule has 5 aliphatic rings. The molecule has 5 heteroatoms. The number of hydrogen-bond acceptors (Lipinski definition) is 5. The minimum Gasteiger partial charge on any atom is -0.469 e. The number of carbonyl (C=O) groups is 2. The van der Waals surface area contributed by atoms with Crippen LogP contribution in [0.4, 0.5) is 0 Å². The second-order valence-corrected chi connectivity index (χ2v) is 9.03. The van der Waals surface area contributed by atoms with Crippen molar-refractivity contribution in [2.45, 2.75) is 50.2 Å². The van der Waals surface area contributed by atoms with Crippen molar-refractivity contribution in [1.82, 2.24) is 0 Å². The van der Waals surface area contributed by atoms with Crippen LogP contribution in [0.2, 0.25) is 0 Å². The van der Waals surface area contributed by atoms with E-state index in [-0.39, 0.29) is 23.8 Å². The van der Waals surface area contributed by atoms with Crippen molar-refractivity contribution < 1.29 is 24.2 Å². The van der Waals surface area contributed by atoms with Gasteiger partial charge in [0.05, 0.1) is 24.0 Å². The van der Waals surface area contributed by atoms with Crippen molar-refractivity contribution in [2.24, 2.45) is 28.6 Å². The van der Waals surface area contributed by atoms with Crippen LogP contribution in [-0.4, -0.2) is 35.4 Å². The van der Waals surface area contributed by atoms with Gasteiger partial charge in [0.2, 0.25) is 0 Å². The van der Waals surface area contributed by atoms with E-state index in [9.17, 15) is 14.7 Å². The minimum atomic E-state index is -0.898. The molecule has 0 aromatic rings. The smallest absolute Gasteiger partial charge is 0.316 e. The monoisotopic (exact) mass is 344 g/mol. The topological polar surface area (TPSA) is 72.8 Å². The molecule has 134 valence electrons. The maximum atomic E-state index is 13.0. The van der Waals surface area contributed by atoms with E-state index in [0.717, 1.165) is 12.0 Å². The Bertz CT molecular complexity index is 755. The van der Waals surface area contributed by atoms with Crippen LogP contribution in [0, 0.1) is 28.6 Å². The van der Waals surface area contributed by atoms with E-state index in [4.69, 9.17) is 9.47 Å². The maximum absolute atomic E-state index is 13.0. The summed E-state index contributed by atoms with van der Waals surface area (Å²) in [5.74, 6) is -1.13. The van der Waals surface area contributed by atoms with Gasteiger partial charge in [-0.05, 0) is 43.6 Å². The Labute approximate surface area is 147 Å². The number of fused-ring (bicyclic) bond motifs is 1. The lowest BCUT2D eigenvalue weighted by Gasteiger charge is -2.45. The fourth-order valence-electron chi connectivity index (χ4n) is 7.34.